The SMILES string of the molecule is CCN1CCN(Cc2nnc3ccc(N)cn23)CC1. The van der Waals surface area contributed by atoms with Gasteiger partial charge in [0.1, 0.15) is 0 Å². The second-order valence-electron chi connectivity index (χ2n) is 5.02. The first-order valence-corrected chi connectivity index (χ1v) is 6.80. The molecule has 0 atom stereocenters. The van der Waals surface area contributed by atoms with Crippen LogP contribution in [0.1, 0.15) is 12.7 Å². The van der Waals surface area contributed by atoms with E-state index in [1.807, 2.05) is 22.7 Å². The van der Waals surface area contributed by atoms with Gasteiger partial charge in [-0.05, 0) is 18.7 Å². The number of nitrogen functional groups attached to an aromatic ring is 1. The van der Waals surface area contributed by atoms with Crippen molar-refractivity contribution >= 4 is 11.3 Å². The molecule has 0 bridgehead atoms. The van der Waals surface area contributed by atoms with Crippen LogP contribution in [-0.2, 0) is 6.54 Å². The summed E-state index contributed by atoms with van der Waals surface area (Å²) < 4.78 is 1.99. The lowest BCUT2D eigenvalue weighted by Crippen LogP contribution is -2.45. The highest BCUT2D eigenvalue weighted by Crippen LogP contribution is 2.11. The molecule has 3 rings (SSSR count). The molecular formula is C13H20N6. The van der Waals surface area contributed by atoms with E-state index >= 15 is 0 Å². The zero-order chi connectivity index (χ0) is 13.2. The van der Waals surface area contributed by atoms with E-state index in [0.29, 0.717) is 0 Å². The number of fused-ring (bicyclic) bond motifs is 1. The van der Waals surface area contributed by atoms with Crippen LogP contribution in [-0.4, -0.2) is 57.1 Å². The normalized spacial score (nSPS) is 18.2. The third-order valence-corrected chi connectivity index (χ3v) is 3.77. The summed E-state index contributed by atoms with van der Waals surface area (Å²) in [4.78, 5) is 4.89. The van der Waals surface area contributed by atoms with Crippen LogP contribution >= 0.6 is 0 Å². The van der Waals surface area contributed by atoms with E-state index in [2.05, 4.69) is 26.9 Å². The molecule has 0 saturated carbocycles. The van der Waals surface area contributed by atoms with Gasteiger partial charge in [0, 0.05) is 38.1 Å². The molecule has 3 heterocycles. The van der Waals surface area contributed by atoms with Gasteiger partial charge < -0.3 is 10.6 Å². The molecule has 102 valence electrons. The quantitative estimate of drug-likeness (QED) is 0.868. The Hall–Kier alpha value is -1.66. The fraction of sp³-hybridized carbons (Fsp3) is 0.538. The number of rotatable bonds is 3. The molecule has 6 heteroatoms. The summed E-state index contributed by atoms with van der Waals surface area (Å²) in [6.07, 6.45) is 1.90. The van der Waals surface area contributed by atoms with Crippen molar-refractivity contribution in [3.8, 4) is 0 Å². The minimum atomic E-state index is 0.740. The van der Waals surface area contributed by atoms with Crippen LogP contribution in [0.15, 0.2) is 18.3 Å². The van der Waals surface area contributed by atoms with E-state index in [1.54, 1.807) is 0 Å². The van der Waals surface area contributed by atoms with Crippen molar-refractivity contribution in [2.24, 2.45) is 0 Å². The number of aromatic nitrogens is 3. The summed E-state index contributed by atoms with van der Waals surface area (Å²) in [6.45, 7) is 8.63. The van der Waals surface area contributed by atoms with Gasteiger partial charge in [0.05, 0.1) is 6.54 Å². The molecule has 0 amide bonds. The Morgan fingerprint density at radius 2 is 1.84 bits per heavy atom. The van der Waals surface area contributed by atoms with Crippen LogP contribution < -0.4 is 5.73 Å². The lowest BCUT2D eigenvalue weighted by molar-refractivity contribution is 0.129. The number of nitrogens with two attached hydrogens (primary N) is 1. The maximum atomic E-state index is 5.82. The highest BCUT2D eigenvalue weighted by molar-refractivity contribution is 5.47. The van der Waals surface area contributed by atoms with Crippen molar-refractivity contribution in [2.45, 2.75) is 13.5 Å². The predicted octanol–water partition coefficient (Wildman–Crippen LogP) is 0.449. The highest BCUT2D eigenvalue weighted by Gasteiger charge is 2.17. The van der Waals surface area contributed by atoms with Gasteiger partial charge >= 0.3 is 0 Å². The van der Waals surface area contributed by atoms with E-state index in [0.717, 1.165) is 56.4 Å². The van der Waals surface area contributed by atoms with E-state index in [-0.39, 0.29) is 0 Å². The van der Waals surface area contributed by atoms with E-state index in [9.17, 15) is 0 Å². The van der Waals surface area contributed by atoms with Gasteiger partial charge in [-0.25, -0.2) is 0 Å². The second-order valence-corrected chi connectivity index (χ2v) is 5.02. The molecule has 0 spiro atoms. The van der Waals surface area contributed by atoms with Gasteiger partial charge in [-0.1, -0.05) is 6.92 Å². The van der Waals surface area contributed by atoms with E-state index in [1.165, 1.54) is 0 Å². The van der Waals surface area contributed by atoms with Gasteiger partial charge in [-0.3, -0.25) is 9.30 Å². The Kier molecular flexibility index (Phi) is 3.35. The number of nitrogens with zero attached hydrogens (tertiary/aromatic N) is 5. The van der Waals surface area contributed by atoms with Crippen LogP contribution in [0.4, 0.5) is 5.69 Å². The van der Waals surface area contributed by atoms with Crippen molar-refractivity contribution in [3.05, 3.63) is 24.2 Å². The molecule has 2 N–H and O–H groups in total. The molecule has 0 radical (unpaired) electrons. The molecule has 0 aliphatic carbocycles. The Bertz CT molecular complexity index is 555. The first-order valence-electron chi connectivity index (χ1n) is 6.80. The molecule has 1 fully saturated rings. The minimum absolute atomic E-state index is 0.740. The summed E-state index contributed by atoms with van der Waals surface area (Å²) in [5.41, 5.74) is 7.42. The van der Waals surface area contributed by atoms with Crippen LogP contribution in [0.2, 0.25) is 0 Å². The number of pyridine rings is 1. The topological polar surface area (TPSA) is 62.7 Å². The summed E-state index contributed by atoms with van der Waals surface area (Å²) in [6, 6.07) is 3.76. The molecular weight excluding hydrogens is 240 g/mol. The average Bonchev–Trinajstić information content (AvgIpc) is 2.82. The van der Waals surface area contributed by atoms with Gasteiger partial charge in [0.15, 0.2) is 11.5 Å². The van der Waals surface area contributed by atoms with Crippen molar-refractivity contribution in [1.82, 2.24) is 24.4 Å². The second kappa shape index (κ2) is 5.14. The Morgan fingerprint density at radius 1 is 1.11 bits per heavy atom. The van der Waals surface area contributed by atoms with Gasteiger partial charge in [-0.2, -0.15) is 0 Å². The third-order valence-electron chi connectivity index (χ3n) is 3.77. The van der Waals surface area contributed by atoms with E-state index < -0.39 is 0 Å². The Labute approximate surface area is 112 Å². The first kappa shape index (κ1) is 12.4. The minimum Gasteiger partial charge on any atom is -0.398 e. The molecule has 1 aliphatic rings. The Balaban J connectivity index is 1.73. The number of hydrogen-bond acceptors (Lipinski definition) is 5. The Morgan fingerprint density at radius 3 is 2.58 bits per heavy atom. The summed E-state index contributed by atoms with van der Waals surface area (Å²) in [5.74, 6) is 0.965. The molecule has 19 heavy (non-hydrogen) atoms. The zero-order valence-corrected chi connectivity index (χ0v) is 11.3. The van der Waals surface area contributed by atoms with Gasteiger partial charge in [0.25, 0.3) is 0 Å². The lowest BCUT2D eigenvalue weighted by atomic mass is 10.3. The van der Waals surface area contributed by atoms with Crippen molar-refractivity contribution < 1.29 is 0 Å². The molecule has 6 nitrogen and oxygen atoms in total. The summed E-state index contributed by atoms with van der Waals surface area (Å²) >= 11 is 0. The maximum Gasteiger partial charge on any atom is 0.160 e. The predicted molar refractivity (Wildman–Crippen MR) is 74.8 cm³/mol. The van der Waals surface area contributed by atoms with Gasteiger partial charge in [-0.15, -0.1) is 10.2 Å². The first-order chi connectivity index (χ1) is 9.26. The van der Waals surface area contributed by atoms with Crippen LogP contribution in [0.5, 0.6) is 0 Å². The number of anilines is 1. The molecule has 1 aliphatic heterocycles. The number of piperazine rings is 1. The maximum absolute atomic E-state index is 5.82. The summed E-state index contributed by atoms with van der Waals surface area (Å²) in [5, 5.41) is 8.45. The number of likely N-dealkylation sites (N-methyl/N-ethyl adjacent to an activating group) is 1. The molecule has 0 aromatic carbocycles. The molecule has 2 aromatic heterocycles. The standard InChI is InChI=1S/C13H20N6/c1-2-17-5-7-18(8-6-17)10-13-16-15-12-4-3-11(14)9-19(12)13/h3-4,9H,2,5-8,10,14H2,1H3. The third kappa shape index (κ3) is 2.54. The van der Waals surface area contributed by atoms with Crippen molar-refractivity contribution in [3.63, 3.8) is 0 Å². The van der Waals surface area contributed by atoms with E-state index in [4.69, 9.17) is 5.73 Å². The largest absolute Gasteiger partial charge is 0.398 e. The van der Waals surface area contributed by atoms with Gasteiger partial charge in [0.2, 0.25) is 0 Å². The van der Waals surface area contributed by atoms with Crippen molar-refractivity contribution in [1.29, 1.82) is 0 Å². The molecule has 2 aromatic rings. The molecule has 1 saturated heterocycles. The average molecular weight is 260 g/mol. The zero-order valence-electron chi connectivity index (χ0n) is 11.3. The smallest absolute Gasteiger partial charge is 0.160 e. The number of hydrogen-bond donors (Lipinski definition) is 1. The summed E-state index contributed by atoms with van der Waals surface area (Å²) in [7, 11) is 0. The fourth-order valence-electron chi connectivity index (χ4n) is 2.53. The molecule has 0 unspecified atom stereocenters. The monoisotopic (exact) mass is 260 g/mol. The van der Waals surface area contributed by atoms with Crippen LogP contribution in [0.25, 0.3) is 5.65 Å². The fourth-order valence-corrected chi connectivity index (χ4v) is 2.53. The van der Waals surface area contributed by atoms with Crippen LogP contribution in [0, 0.1) is 0 Å². The van der Waals surface area contributed by atoms with Crippen LogP contribution in [0.3, 0.4) is 0 Å². The highest BCUT2D eigenvalue weighted by atomic mass is 15.3. The van der Waals surface area contributed by atoms with Crippen molar-refractivity contribution in [2.75, 3.05) is 38.5 Å². The lowest BCUT2D eigenvalue weighted by Gasteiger charge is -2.33.